The number of aryl methyl sites for hydroxylation is 1. The number of fused-ring (bicyclic) bond motifs is 4. The molecule has 1 N–H and O–H groups in total. The fourth-order valence-corrected chi connectivity index (χ4v) is 6.47. The van der Waals surface area contributed by atoms with Crippen LogP contribution in [0.1, 0.15) is 49.7 Å². The molecule has 2 saturated heterocycles. The lowest BCUT2D eigenvalue weighted by atomic mass is 9.88. The van der Waals surface area contributed by atoms with E-state index in [0.29, 0.717) is 82.9 Å². The Hall–Kier alpha value is -3.95. The minimum absolute atomic E-state index is 0.0312. The van der Waals surface area contributed by atoms with Crippen LogP contribution < -0.4 is 10.1 Å². The molecule has 0 saturated carbocycles. The summed E-state index contributed by atoms with van der Waals surface area (Å²) in [6.45, 7) is 5.01. The van der Waals surface area contributed by atoms with Crippen molar-refractivity contribution in [2.75, 3.05) is 52.4 Å². The molecule has 0 aromatic heterocycles. The van der Waals surface area contributed by atoms with Gasteiger partial charge in [-0.05, 0) is 55.0 Å². The van der Waals surface area contributed by atoms with E-state index in [1.165, 1.54) is 6.07 Å². The van der Waals surface area contributed by atoms with Crippen molar-refractivity contribution in [1.82, 2.24) is 20.0 Å². The number of hydrogen-bond acceptors (Lipinski definition) is 5. The first-order valence-electron chi connectivity index (χ1n) is 15.4. The number of benzene rings is 2. The third-order valence-corrected chi connectivity index (χ3v) is 8.98. The topological polar surface area (TPSA) is 99.3 Å². The van der Waals surface area contributed by atoms with Gasteiger partial charge in [0, 0.05) is 71.0 Å². The molecular weight excluding hydrogens is 551 g/mol. The van der Waals surface area contributed by atoms with E-state index in [1.54, 1.807) is 34.9 Å². The van der Waals surface area contributed by atoms with E-state index in [0.717, 1.165) is 5.56 Å². The van der Waals surface area contributed by atoms with Crippen molar-refractivity contribution < 1.29 is 28.3 Å². The molecule has 10 heteroatoms. The number of halogens is 1. The molecular formula is C33H41FN4O5. The van der Waals surface area contributed by atoms with Crippen molar-refractivity contribution in [3.05, 3.63) is 65.5 Å². The summed E-state index contributed by atoms with van der Waals surface area (Å²) in [5.41, 5.74) is 1.44. The van der Waals surface area contributed by atoms with Crippen molar-refractivity contribution in [1.29, 1.82) is 0 Å². The molecule has 0 unspecified atom stereocenters. The van der Waals surface area contributed by atoms with Gasteiger partial charge in [-0.3, -0.25) is 19.2 Å². The number of rotatable bonds is 4. The van der Waals surface area contributed by atoms with Crippen molar-refractivity contribution in [2.45, 2.75) is 44.9 Å². The van der Waals surface area contributed by atoms with Crippen LogP contribution in [-0.4, -0.2) is 90.7 Å². The SMILES string of the molecule is CC(=O)N1CCC(C(=O)N2CCCOc3cccc(c3)[C@H]3CN(C(=O)CCc4ccccc4F)C[C@@H]3C(=O)NCC2)CC1. The van der Waals surface area contributed by atoms with Gasteiger partial charge in [0.1, 0.15) is 11.6 Å². The van der Waals surface area contributed by atoms with Gasteiger partial charge in [0.05, 0.1) is 12.5 Å². The first-order valence-corrected chi connectivity index (χ1v) is 15.4. The van der Waals surface area contributed by atoms with E-state index in [2.05, 4.69) is 5.32 Å². The molecule has 2 fully saturated rings. The van der Waals surface area contributed by atoms with Crippen LogP contribution in [0.15, 0.2) is 48.5 Å². The number of likely N-dealkylation sites (tertiary alicyclic amines) is 2. The second-order valence-corrected chi connectivity index (χ2v) is 11.8. The van der Waals surface area contributed by atoms with E-state index in [9.17, 15) is 23.6 Å². The Morgan fingerprint density at radius 2 is 1.70 bits per heavy atom. The van der Waals surface area contributed by atoms with Gasteiger partial charge in [0.15, 0.2) is 0 Å². The number of nitrogens with one attached hydrogen (secondary N) is 1. The van der Waals surface area contributed by atoms with Gasteiger partial charge in [0.25, 0.3) is 0 Å². The molecule has 230 valence electrons. The summed E-state index contributed by atoms with van der Waals surface area (Å²) >= 11 is 0. The Bertz CT molecular complexity index is 1330. The van der Waals surface area contributed by atoms with Gasteiger partial charge in [-0.25, -0.2) is 4.39 Å². The molecule has 43 heavy (non-hydrogen) atoms. The van der Waals surface area contributed by atoms with Gasteiger partial charge < -0.3 is 24.8 Å². The van der Waals surface area contributed by atoms with Crippen LogP contribution >= 0.6 is 0 Å². The lowest BCUT2D eigenvalue weighted by Crippen LogP contribution is -2.47. The molecule has 9 nitrogen and oxygen atoms in total. The maximum absolute atomic E-state index is 14.1. The highest BCUT2D eigenvalue weighted by atomic mass is 19.1. The third kappa shape index (κ3) is 7.53. The fourth-order valence-electron chi connectivity index (χ4n) is 6.47. The largest absolute Gasteiger partial charge is 0.494 e. The second kappa shape index (κ2) is 14.0. The van der Waals surface area contributed by atoms with Gasteiger partial charge in [-0.15, -0.1) is 0 Å². The highest BCUT2D eigenvalue weighted by Gasteiger charge is 2.40. The van der Waals surface area contributed by atoms with Crippen LogP contribution in [-0.2, 0) is 25.6 Å². The number of carbonyl (C=O) groups excluding carboxylic acids is 4. The zero-order valence-electron chi connectivity index (χ0n) is 24.8. The Labute approximate surface area is 252 Å². The number of amides is 4. The van der Waals surface area contributed by atoms with Gasteiger partial charge in [0.2, 0.25) is 23.6 Å². The summed E-state index contributed by atoms with van der Waals surface area (Å²) in [6.07, 6.45) is 2.37. The van der Waals surface area contributed by atoms with Gasteiger partial charge in [-0.1, -0.05) is 30.3 Å². The lowest BCUT2D eigenvalue weighted by molar-refractivity contribution is -0.140. The van der Waals surface area contributed by atoms with Crippen molar-refractivity contribution in [3.8, 4) is 5.75 Å². The smallest absolute Gasteiger partial charge is 0.225 e. The van der Waals surface area contributed by atoms with Crippen LogP contribution in [0.25, 0.3) is 0 Å². The van der Waals surface area contributed by atoms with E-state index in [4.69, 9.17) is 4.74 Å². The first-order chi connectivity index (χ1) is 20.8. The Morgan fingerprint density at radius 3 is 2.47 bits per heavy atom. The van der Waals surface area contributed by atoms with Crippen LogP contribution in [0, 0.1) is 17.7 Å². The standard InChI is InChI=1S/C33H41FN4O5/c1-23(39)36-16-12-25(13-17-36)33(42)37-15-5-19-43-27-8-4-7-26(20-27)28-21-38(22-29(28)32(41)35-14-18-37)31(40)11-10-24-6-2-3-9-30(24)34/h2-4,6-9,20,25,28-29H,5,10-19,21-22H2,1H3,(H,35,41)/t28-,29+/m1/s1. The lowest BCUT2D eigenvalue weighted by Gasteiger charge is -2.34. The molecule has 2 aromatic rings. The predicted molar refractivity (Wildman–Crippen MR) is 159 cm³/mol. The number of hydrogen-bond donors (Lipinski definition) is 1. The van der Waals surface area contributed by atoms with E-state index >= 15 is 0 Å². The van der Waals surface area contributed by atoms with Crippen molar-refractivity contribution in [3.63, 3.8) is 0 Å². The van der Waals surface area contributed by atoms with Crippen molar-refractivity contribution in [2.24, 2.45) is 11.8 Å². The molecule has 0 aliphatic carbocycles. The molecule has 0 spiro atoms. The molecule has 5 rings (SSSR count). The Balaban J connectivity index is 1.27. The fraction of sp³-hybridized carbons (Fsp3) is 0.515. The third-order valence-electron chi connectivity index (χ3n) is 8.98. The van der Waals surface area contributed by atoms with E-state index < -0.39 is 5.92 Å². The minimum Gasteiger partial charge on any atom is -0.494 e. The molecule has 3 heterocycles. The summed E-state index contributed by atoms with van der Waals surface area (Å²) in [7, 11) is 0. The summed E-state index contributed by atoms with van der Waals surface area (Å²) in [6, 6.07) is 14.1. The molecule has 3 aliphatic rings. The van der Waals surface area contributed by atoms with Crippen LogP contribution in [0.3, 0.4) is 0 Å². The van der Waals surface area contributed by atoms with E-state index in [-0.39, 0.29) is 54.2 Å². The number of piperidine rings is 1. The first kappa shape index (κ1) is 30.5. The van der Waals surface area contributed by atoms with Crippen LogP contribution in [0.2, 0.25) is 0 Å². The number of ether oxygens (including phenoxy) is 1. The average Bonchev–Trinajstić information content (AvgIpc) is 3.47. The Kier molecular flexibility index (Phi) is 9.94. The van der Waals surface area contributed by atoms with E-state index in [1.807, 2.05) is 29.2 Å². The molecule has 2 bridgehead atoms. The zero-order chi connectivity index (χ0) is 30.3. The summed E-state index contributed by atoms with van der Waals surface area (Å²) < 4.78 is 20.2. The maximum atomic E-state index is 14.1. The monoisotopic (exact) mass is 592 g/mol. The number of carbonyl (C=O) groups is 4. The highest BCUT2D eigenvalue weighted by molar-refractivity contribution is 5.84. The van der Waals surface area contributed by atoms with Crippen molar-refractivity contribution >= 4 is 23.6 Å². The molecule has 2 aromatic carbocycles. The maximum Gasteiger partial charge on any atom is 0.225 e. The van der Waals surface area contributed by atoms with Crippen LogP contribution in [0.4, 0.5) is 4.39 Å². The summed E-state index contributed by atoms with van der Waals surface area (Å²) in [5.74, 6) is -0.640. The minimum atomic E-state index is -0.462. The molecule has 2 atom stereocenters. The van der Waals surface area contributed by atoms with Crippen LogP contribution in [0.5, 0.6) is 5.75 Å². The number of nitrogens with zero attached hydrogens (tertiary/aromatic N) is 3. The predicted octanol–water partition coefficient (Wildman–Crippen LogP) is 2.99. The second-order valence-electron chi connectivity index (χ2n) is 11.8. The Morgan fingerprint density at radius 1 is 0.930 bits per heavy atom. The quantitative estimate of drug-likeness (QED) is 0.589. The van der Waals surface area contributed by atoms with Gasteiger partial charge in [-0.2, -0.15) is 0 Å². The average molecular weight is 593 g/mol. The summed E-state index contributed by atoms with van der Waals surface area (Å²) in [4.78, 5) is 57.3. The van der Waals surface area contributed by atoms with Gasteiger partial charge >= 0.3 is 0 Å². The molecule has 4 amide bonds. The zero-order valence-corrected chi connectivity index (χ0v) is 24.8. The summed E-state index contributed by atoms with van der Waals surface area (Å²) in [5, 5.41) is 3.05. The molecule has 3 aliphatic heterocycles. The normalized spacial score (nSPS) is 21.8. The molecule has 0 radical (unpaired) electrons. The highest BCUT2D eigenvalue weighted by Crippen LogP contribution is 2.35.